The van der Waals surface area contributed by atoms with Crippen LogP contribution in [0, 0.1) is 13.8 Å². The minimum absolute atomic E-state index is 0.152. The summed E-state index contributed by atoms with van der Waals surface area (Å²) in [7, 11) is 0. The number of nitrogens with one attached hydrogen (secondary N) is 1. The summed E-state index contributed by atoms with van der Waals surface area (Å²) < 4.78 is 5.90. The minimum atomic E-state index is -0.152. The summed E-state index contributed by atoms with van der Waals surface area (Å²) in [5.41, 5.74) is 2.24. The van der Waals surface area contributed by atoms with E-state index in [0.29, 0.717) is 6.61 Å². The second kappa shape index (κ2) is 9.06. The first-order chi connectivity index (χ1) is 10.1. The van der Waals surface area contributed by atoms with Crippen LogP contribution in [0.25, 0.3) is 0 Å². The first kappa shape index (κ1) is 18.0. The normalized spacial score (nSPS) is 14.0. The van der Waals surface area contributed by atoms with Gasteiger partial charge in [-0.15, -0.1) is 0 Å². The van der Waals surface area contributed by atoms with E-state index in [1.807, 2.05) is 0 Å². The van der Waals surface area contributed by atoms with Crippen LogP contribution in [-0.4, -0.2) is 30.4 Å². The van der Waals surface area contributed by atoms with Crippen molar-refractivity contribution < 1.29 is 9.84 Å². The van der Waals surface area contributed by atoms with Crippen LogP contribution in [0.15, 0.2) is 18.2 Å². The number of aliphatic hydroxyl groups excluding tert-OH is 1. The zero-order valence-electron chi connectivity index (χ0n) is 14.0. The zero-order chi connectivity index (χ0) is 15.7. The Morgan fingerprint density at radius 3 is 2.62 bits per heavy atom. The molecule has 1 aromatic rings. The lowest BCUT2D eigenvalue weighted by molar-refractivity contribution is 0.138. The van der Waals surface area contributed by atoms with Crippen LogP contribution < -0.4 is 10.1 Å². The largest absolute Gasteiger partial charge is 0.493 e. The topological polar surface area (TPSA) is 41.5 Å². The molecule has 3 heteroatoms. The van der Waals surface area contributed by atoms with Crippen molar-refractivity contribution in [2.45, 2.75) is 58.9 Å². The second-order valence-electron chi connectivity index (χ2n) is 5.94. The highest BCUT2D eigenvalue weighted by Crippen LogP contribution is 2.21. The Balaban J connectivity index is 2.45. The van der Waals surface area contributed by atoms with E-state index in [-0.39, 0.29) is 12.1 Å². The van der Waals surface area contributed by atoms with Crippen LogP contribution in [0.3, 0.4) is 0 Å². The van der Waals surface area contributed by atoms with Gasteiger partial charge in [-0.1, -0.05) is 26.0 Å². The first-order valence-electron chi connectivity index (χ1n) is 8.13. The smallest absolute Gasteiger partial charge is 0.122 e. The number of ether oxygens (including phenoxy) is 1. The Kier molecular flexibility index (Phi) is 7.76. The maximum absolute atomic E-state index is 9.70. The average Bonchev–Trinajstić information content (AvgIpc) is 2.50. The molecule has 1 atom stereocenters. The van der Waals surface area contributed by atoms with Gasteiger partial charge in [-0.25, -0.2) is 0 Å². The van der Waals surface area contributed by atoms with E-state index in [2.05, 4.69) is 51.2 Å². The maximum Gasteiger partial charge on any atom is 0.122 e. The third-order valence-electron chi connectivity index (χ3n) is 4.13. The Labute approximate surface area is 129 Å². The molecule has 1 rings (SSSR count). The highest BCUT2D eigenvalue weighted by atomic mass is 16.5. The summed E-state index contributed by atoms with van der Waals surface area (Å²) in [4.78, 5) is 0. The van der Waals surface area contributed by atoms with E-state index in [0.717, 1.165) is 38.0 Å². The molecule has 0 spiro atoms. The fraction of sp³-hybridized carbons (Fsp3) is 0.667. The SMILES string of the molecule is CCCNC(CC)(CO)CCCOc1cc(C)ccc1C. The summed E-state index contributed by atoms with van der Waals surface area (Å²) in [6.07, 6.45) is 3.90. The summed E-state index contributed by atoms with van der Waals surface area (Å²) in [6.45, 7) is 10.3. The molecule has 0 saturated heterocycles. The highest BCUT2D eigenvalue weighted by molar-refractivity contribution is 5.35. The Morgan fingerprint density at radius 2 is 2.00 bits per heavy atom. The monoisotopic (exact) mass is 293 g/mol. The van der Waals surface area contributed by atoms with Crippen molar-refractivity contribution in [1.29, 1.82) is 0 Å². The van der Waals surface area contributed by atoms with Crippen LogP contribution in [-0.2, 0) is 0 Å². The summed E-state index contributed by atoms with van der Waals surface area (Å²) in [6, 6.07) is 6.28. The van der Waals surface area contributed by atoms with Gasteiger partial charge in [0.1, 0.15) is 5.75 Å². The lowest BCUT2D eigenvalue weighted by Crippen LogP contribution is -2.48. The van der Waals surface area contributed by atoms with Gasteiger partial charge in [0, 0.05) is 5.54 Å². The first-order valence-corrected chi connectivity index (χ1v) is 8.13. The van der Waals surface area contributed by atoms with Crippen molar-refractivity contribution in [2.24, 2.45) is 0 Å². The van der Waals surface area contributed by atoms with Crippen molar-refractivity contribution >= 4 is 0 Å². The van der Waals surface area contributed by atoms with Crippen molar-refractivity contribution in [3.63, 3.8) is 0 Å². The van der Waals surface area contributed by atoms with Crippen LogP contribution in [0.5, 0.6) is 5.75 Å². The van der Waals surface area contributed by atoms with Crippen molar-refractivity contribution in [3.05, 3.63) is 29.3 Å². The average molecular weight is 293 g/mol. The maximum atomic E-state index is 9.70. The van der Waals surface area contributed by atoms with E-state index >= 15 is 0 Å². The molecule has 0 heterocycles. The second-order valence-corrected chi connectivity index (χ2v) is 5.94. The molecular weight excluding hydrogens is 262 g/mol. The predicted molar refractivity (Wildman–Crippen MR) is 89.0 cm³/mol. The summed E-state index contributed by atoms with van der Waals surface area (Å²) in [5.74, 6) is 0.975. The molecule has 0 bridgehead atoms. The number of rotatable bonds is 10. The molecule has 3 nitrogen and oxygen atoms in total. The fourth-order valence-electron chi connectivity index (χ4n) is 2.48. The van der Waals surface area contributed by atoms with E-state index in [4.69, 9.17) is 4.74 Å². The van der Waals surface area contributed by atoms with Gasteiger partial charge >= 0.3 is 0 Å². The zero-order valence-corrected chi connectivity index (χ0v) is 14.0. The summed E-state index contributed by atoms with van der Waals surface area (Å²) in [5, 5.41) is 13.2. The third-order valence-corrected chi connectivity index (χ3v) is 4.13. The number of aryl methyl sites for hydroxylation is 2. The Hall–Kier alpha value is -1.06. The van der Waals surface area contributed by atoms with Gasteiger partial charge in [0.2, 0.25) is 0 Å². The molecule has 0 amide bonds. The standard InChI is InChI=1S/C18H31NO2/c1-5-11-19-18(6-2,14-20)10-7-12-21-17-13-15(3)8-9-16(17)4/h8-9,13,19-20H,5-7,10-12,14H2,1-4H3. The molecule has 0 saturated carbocycles. The van der Waals surface area contributed by atoms with Gasteiger partial charge in [-0.05, 0) is 63.3 Å². The van der Waals surface area contributed by atoms with Crippen LogP contribution in [0.2, 0.25) is 0 Å². The molecule has 0 fully saturated rings. The molecule has 0 aliphatic carbocycles. The molecule has 0 aliphatic heterocycles. The minimum Gasteiger partial charge on any atom is -0.493 e. The number of hydrogen-bond donors (Lipinski definition) is 2. The van der Waals surface area contributed by atoms with Crippen molar-refractivity contribution in [3.8, 4) is 5.75 Å². The van der Waals surface area contributed by atoms with Gasteiger partial charge in [-0.2, -0.15) is 0 Å². The molecule has 0 aromatic heterocycles. The van der Waals surface area contributed by atoms with Gasteiger partial charge in [0.15, 0.2) is 0 Å². The van der Waals surface area contributed by atoms with E-state index in [1.165, 1.54) is 11.1 Å². The molecule has 120 valence electrons. The van der Waals surface area contributed by atoms with Crippen LogP contribution in [0.1, 0.15) is 50.7 Å². The van der Waals surface area contributed by atoms with Gasteiger partial charge in [0.05, 0.1) is 13.2 Å². The van der Waals surface area contributed by atoms with Gasteiger partial charge in [0.25, 0.3) is 0 Å². The number of aliphatic hydroxyl groups is 1. The van der Waals surface area contributed by atoms with E-state index in [1.54, 1.807) is 0 Å². The fourth-order valence-corrected chi connectivity index (χ4v) is 2.48. The van der Waals surface area contributed by atoms with E-state index < -0.39 is 0 Å². The Bertz CT molecular complexity index is 414. The molecule has 21 heavy (non-hydrogen) atoms. The number of benzene rings is 1. The molecular formula is C18H31NO2. The lowest BCUT2D eigenvalue weighted by Gasteiger charge is -2.32. The number of hydrogen-bond acceptors (Lipinski definition) is 3. The lowest BCUT2D eigenvalue weighted by atomic mass is 9.91. The molecule has 1 unspecified atom stereocenters. The Morgan fingerprint density at radius 1 is 1.24 bits per heavy atom. The molecule has 1 aromatic carbocycles. The van der Waals surface area contributed by atoms with Gasteiger partial charge < -0.3 is 15.2 Å². The van der Waals surface area contributed by atoms with Crippen molar-refractivity contribution in [2.75, 3.05) is 19.8 Å². The molecule has 0 aliphatic rings. The van der Waals surface area contributed by atoms with Gasteiger partial charge in [-0.3, -0.25) is 0 Å². The van der Waals surface area contributed by atoms with Crippen molar-refractivity contribution in [1.82, 2.24) is 5.32 Å². The summed E-state index contributed by atoms with van der Waals surface area (Å²) >= 11 is 0. The highest BCUT2D eigenvalue weighted by Gasteiger charge is 2.25. The van der Waals surface area contributed by atoms with Crippen LogP contribution >= 0.6 is 0 Å². The molecule has 0 radical (unpaired) electrons. The third kappa shape index (κ3) is 5.68. The van der Waals surface area contributed by atoms with Crippen LogP contribution in [0.4, 0.5) is 0 Å². The molecule has 2 N–H and O–H groups in total. The predicted octanol–water partition coefficient (Wildman–Crippen LogP) is 3.60. The van der Waals surface area contributed by atoms with E-state index in [9.17, 15) is 5.11 Å². The quantitative estimate of drug-likeness (QED) is 0.648.